The summed E-state index contributed by atoms with van der Waals surface area (Å²) in [4.78, 5) is 12.1. The molecule has 0 radical (unpaired) electrons. The Balaban J connectivity index is 1.66. The number of nitrogens with two attached hydrogens (primary N) is 1. The Morgan fingerprint density at radius 3 is 2.57 bits per heavy atom. The van der Waals surface area contributed by atoms with Crippen molar-refractivity contribution in [3.05, 3.63) is 59.2 Å². The van der Waals surface area contributed by atoms with Gasteiger partial charge in [0.15, 0.2) is 0 Å². The molecule has 2 aromatic carbocycles. The van der Waals surface area contributed by atoms with E-state index in [1.165, 1.54) is 5.56 Å². The van der Waals surface area contributed by atoms with Gasteiger partial charge in [0.1, 0.15) is 5.75 Å². The lowest BCUT2D eigenvalue weighted by atomic mass is 10.1. The molecule has 0 aromatic heterocycles. The van der Waals surface area contributed by atoms with Crippen LogP contribution in [0.15, 0.2) is 42.5 Å². The standard InChI is InChI=1S/C19H24N2O2/c1-14-5-9-17(10-6-14)23-12-4-3-11-21-19(22)18-13-16(20)8-7-15(18)2/h5-10,13H,3-4,11-12,20H2,1-2H3,(H,21,22). The molecular weight excluding hydrogens is 288 g/mol. The lowest BCUT2D eigenvalue weighted by Crippen LogP contribution is -2.25. The highest BCUT2D eigenvalue weighted by molar-refractivity contribution is 5.96. The number of carbonyl (C=O) groups is 1. The van der Waals surface area contributed by atoms with Gasteiger partial charge in [0.05, 0.1) is 6.61 Å². The van der Waals surface area contributed by atoms with Gasteiger partial charge in [0, 0.05) is 17.8 Å². The summed E-state index contributed by atoms with van der Waals surface area (Å²) in [6.07, 6.45) is 1.77. The van der Waals surface area contributed by atoms with Gasteiger partial charge < -0.3 is 15.8 Å². The maximum atomic E-state index is 12.1. The number of anilines is 1. The minimum atomic E-state index is -0.0748. The van der Waals surface area contributed by atoms with E-state index in [9.17, 15) is 4.79 Å². The second-order valence-corrected chi connectivity index (χ2v) is 5.70. The van der Waals surface area contributed by atoms with Crippen molar-refractivity contribution in [2.75, 3.05) is 18.9 Å². The molecule has 0 aliphatic heterocycles. The molecule has 122 valence electrons. The largest absolute Gasteiger partial charge is 0.494 e. The van der Waals surface area contributed by atoms with E-state index in [2.05, 4.69) is 12.2 Å². The van der Waals surface area contributed by atoms with Crippen LogP contribution >= 0.6 is 0 Å². The van der Waals surface area contributed by atoms with Crippen molar-refractivity contribution in [2.24, 2.45) is 0 Å². The topological polar surface area (TPSA) is 64.3 Å². The summed E-state index contributed by atoms with van der Waals surface area (Å²) in [6, 6.07) is 13.4. The molecule has 2 aromatic rings. The lowest BCUT2D eigenvalue weighted by Gasteiger charge is -2.09. The molecule has 0 atom stereocenters. The Kier molecular flexibility index (Phi) is 6.03. The third kappa shape index (κ3) is 5.33. The average molecular weight is 312 g/mol. The minimum absolute atomic E-state index is 0.0748. The number of amides is 1. The van der Waals surface area contributed by atoms with E-state index in [-0.39, 0.29) is 5.91 Å². The van der Waals surface area contributed by atoms with E-state index in [0.29, 0.717) is 24.4 Å². The zero-order chi connectivity index (χ0) is 16.7. The molecule has 0 bridgehead atoms. The molecule has 3 N–H and O–H groups in total. The van der Waals surface area contributed by atoms with Crippen molar-refractivity contribution in [3.63, 3.8) is 0 Å². The smallest absolute Gasteiger partial charge is 0.251 e. The van der Waals surface area contributed by atoms with Crippen LogP contribution in [-0.4, -0.2) is 19.1 Å². The number of carbonyl (C=O) groups excluding carboxylic acids is 1. The highest BCUT2D eigenvalue weighted by Crippen LogP contribution is 2.13. The van der Waals surface area contributed by atoms with Crippen LogP contribution in [0.25, 0.3) is 0 Å². The molecule has 0 heterocycles. The summed E-state index contributed by atoms with van der Waals surface area (Å²) in [5, 5.41) is 2.92. The molecule has 23 heavy (non-hydrogen) atoms. The third-order valence-corrected chi connectivity index (χ3v) is 3.65. The molecule has 2 rings (SSSR count). The number of benzene rings is 2. The van der Waals surface area contributed by atoms with Gasteiger partial charge in [0.25, 0.3) is 5.91 Å². The summed E-state index contributed by atoms with van der Waals surface area (Å²) in [5.41, 5.74) is 9.12. The van der Waals surface area contributed by atoms with Crippen molar-refractivity contribution in [1.82, 2.24) is 5.32 Å². The van der Waals surface area contributed by atoms with Gasteiger partial charge in [-0.2, -0.15) is 0 Å². The van der Waals surface area contributed by atoms with E-state index in [1.54, 1.807) is 12.1 Å². The maximum absolute atomic E-state index is 12.1. The average Bonchev–Trinajstić information content (AvgIpc) is 2.54. The zero-order valence-electron chi connectivity index (χ0n) is 13.8. The van der Waals surface area contributed by atoms with Crippen LogP contribution in [0.1, 0.15) is 34.3 Å². The second kappa shape index (κ2) is 8.22. The van der Waals surface area contributed by atoms with Gasteiger partial charge in [-0.25, -0.2) is 0 Å². The van der Waals surface area contributed by atoms with E-state index in [0.717, 1.165) is 24.2 Å². The predicted molar refractivity (Wildman–Crippen MR) is 93.8 cm³/mol. The fourth-order valence-corrected chi connectivity index (χ4v) is 2.23. The van der Waals surface area contributed by atoms with Crippen molar-refractivity contribution >= 4 is 11.6 Å². The van der Waals surface area contributed by atoms with E-state index >= 15 is 0 Å². The van der Waals surface area contributed by atoms with Crippen LogP contribution in [-0.2, 0) is 0 Å². The Morgan fingerprint density at radius 2 is 1.83 bits per heavy atom. The van der Waals surface area contributed by atoms with Crippen LogP contribution in [0.3, 0.4) is 0 Å². The Bertz CT molecular complexity index is 651. The number of nitrogen functional groups attached to an aromatic ring is 1. The van der Waals surface area contributed by atoms with Gasteiger partial charge in [-0.1, -0.05) is 23.8 Å². The number of unbranched alkanes of at least 4 members (excludes halogenated alkanes) is 1. The highest BCUT2D eigenvalue weighted by atomic mass is 16.5. The minimum Gasteiger partial charge on any atom is -0.494 e. The normalized spacial score (nSPS) is 10.3. The summed E-state index contributed by atoms with van der Waals surface area (Å²) in [7, 11) is 0. The first-order valence-corrected chi connectivity index (χ1v) is 7.90. The van der Waals surface area contributed by atoms with Gasteiger partial charge >= 0.3 is 0 Å². The highest BCUT2D eigenvalue weighted by Gasteiger charge is 2.08. The van der Waals surface area contributed by atoms with E-state index in [4.69, 9.17) is 10.5 Å². The summed E-state index contributed by atoms with van der Waals surface area (Å²) >= 11 is 0. The predicted octanol–water partition coefficient (Wildman–Crippen LogP) is 3.47. The molecule has 0 fully saturated rings. The lowest BCUT2D eigenvalue weighted by molar-refractivity contribution is 0.0952. The van der Waals surface area contributed by atoms with Gasteiger partial charge in [-0.05, 0) is 56.5 Å². The van der Waals surface area contributed by atoms with Crippen molar-refractivity contribution in [2.45, 2.75) is 26.7 Å². The monoisotopic (exact) mass is 312 g/mol. The second-order valence-electron chi connectivity index (χ2n) is 5.70. The fourth-order valence-electron chi connectivity index (χ4n) is 2.23. The Hall–Kier alpha value is -2.49. The molecule has 0 aliphatic rings. The molecule has 0 saturated carbocycles. The van der Waals surface area contributed by atoms with Crippen molar-refractivity contribution < 1.29 is 9.53 Å². The number of rotatable bonds is 7. The molecule has 4 heteroatoms. The Labute approximate surface area is 137 Å². The summed E-state index contributed by atoms with van der Waals surface area (Å²) in [5.74, 6) is 0.810. The van der Waals surface area contributed by atoms with Gasteiger partial charge in [-0.15, -0.1) is 0 Å². The molecule has 0 aliphatic carbocycles. The zero-order valence-corrected chi connectivity index (χ0v) is 13.8. The maximum Gasteiger partial charge on any atom is 0.251 e. The first-order chi connectivity index (χ1) is 11.1. The number of hydrogen-bond acceptors (Lipinski definition) is 3. The fraction of sp³-hybridized carbons (Fsp3) is 0.316. The molecule has 0 unspecified atom stereocenters. The SMILES string of the molecule is Cc1ccc(OCCCCNC(=O)c2cc(N)ccc2C)cc1. The van der Waals surface area contributed by atoms with Crippen LogP contribution in [0.5, 0.6) is 5.75 Å². The first-order valence-electron chi connectivity index (χ1n) is 7.90. The number of hydrogen-bond donors (Lipinski definition) is 2. The summed E-state index contributed by atoms with van der Waals surface area (Å²) in [6.45, 7) is 5.23. The van der Waals surface area contributed by atoms with Crippen LogP contribution in [0.4, 0.5) is 5.69 Å². The quantitative estimate of drug-likeness (QED) is 0.608. The number of nitrogens with one attached hydrogen (secondary N) is 1. The molecule has 0 spiro atoms. The van der Waals surface area contributed by atoms with Gasteiger partial charge in [0.2, 0.25) is 0 Å². The van der Waals surface area contributed by atoms with Crippen LogP contribution in [0.2, 0.25) is 0 Å². The molecule has 0 saturated heterocycles. The van der Waals surface area contributed by atoms with Crippen molar-refractivity contribution in [3.8, 4) is 5.75 Å². The number of aryl methyl sites for hydroxylation is 2. The molecule has 4 nitrogen and oxygen atoms in total. The van der Waals surface area contributed by atoms with Crippen LogP contribution in [0, 0.1) is 13.8 Å². The van der Waals surface area contributed by atoms with Crippen LogP contribution < -0.4 is 15.8 Å². The number of ether oxygens (including phenoxy) is 1. The third-order valence-electron chi connectivity index (χ3n) is 3.65. The van der Waals surface area contributed by atoms with E-state index < -0.39 is 0 Å². The van der Waals surface area contributed by atoms with Gasteiger partial charge in [-0.3, -0.25) is 4.79 Å². The first kappa shape index (κ1) is 16.9. The summed E-state index contributed by atoms with van der Waals surface area (Å²) < 4.78 is 5.66. The van der Waals surface area contributed by atoms with E-state index in [1.807, 2.05) is 37.3 Å². The van der Waals surface area contributed by atoms with Crippen molar-refractivity contribution in [1.29, 1.82) is 0 Å². The Morgan fingerprint density at radius 1 is 1.09 bits per heavy atom. The molecule has 1 amide bonds. The molecular formula is C19H24N2O2.